The van der Waals surface area contributed by atoms with Gasteiger partial charge in [0.05, 0.1) is 5.56 Å². The van der Waals surface area contributed by atoms with E-state index in [1.54, 1.807) is 24.3 Å². The van der Waals surface area contributed by atoms with Crippen molar-refractivity contribution in [3.05, 3.63) is 102 Å². The number of esters is 3. The first-order chi connectivity index (χ1) is 22.8. The topological polar surface area (TPSA) is 97.4 Å². The minimum atomic E-state index is -0.634. The fraction of sp³-hybridized carbons (Fsp3) is 0.462. The van der Waals surface area contributed by atoms with E-state index in [1.807, 2.05) is 31.2 Å². The highest BCUT2D eigenvalue weighted by molar-refractivity contribution is 5.90. The second-order valence-electron chi connectivity index (χ2n) is 12.1. The summed E-state index contributed by atoms with van der Waals surface area (Å²) in [5.41, 5.74) is 3.30. The van der Waals surface area contributed by atoms with Crippen molar-refractivity contribution in [3.8, 4) is 5.75 Å². The third-order valence-electron chi connectivity index (χ3n) is 8.52. The van der Waals surface area contributed by atoms with Gasteiger partial charge >= 0.3 is 17.9 Å². The highest BCUT2D eigenvalue weighted by Crippen LogP contribution is 2.32. The summed E-state index contributed by atoms with van der Waals surface area (Å²) in [5, 5.41) is 0. The van der Waals surface area contributed by atoms with E-state index in [0.29, 0.717) is 48.3 Å². The van der Waals surface area contributed by atoms with Gasteiger partial charge in [-0.3, -0.25) is 0 Å². The Bertz CT molecular complexity index is 1390. The van der Waals surface area contributed by atoms with E-state index in [4.69, 9.17) is 23.7 Å². The van der Waals surface area contributed by atoms with Crippen LogP contribution < -0.4 is 4.74 Å². The summed E-state index contributed by atoms with van der Waals surface area (Å²) in [4.78, 5) is 36.4. The van der Waals surface area contributed by atoms with Crippen LogP contribution in [0.4, 0.5) is 0 Å². The third-order valence-corrected chi connectivity index (χ3v) is 8.52. The van der Waals surface area contributed by atoms with Gasteiger partial charge in [-0.25, -0.2) is 14.4 Å². The van der Waals surface area contributed by atoms with Gasteiger partial charge in [-0.2, -0.15) is 0 Å². The molecule has 0 aromatic heterocycles. The van der Waals surface area contributed by atoms with E-state index in [1.165, 1.54) is 36.8 Å². The van der Waals surface area contributed by atoms with Crippen molar-refractivity contribution in [1.29, 1.82) is 0 Å². The molecule has 252 valence electrons. The van der Waals surface area contributed by atoms with Crippen LogP contribution in [0.5, 0.6) is 5.75 Å². The van der Waals surface area contributed by atoms with Gasteiger partial charge < -0.3 is 23.7 Å². The van der Waals surface area contributed by atoms with Crippen LogP contribution in [0.15, 0.2) is 96.0 Å². The number of allylic oxidation sites excluding steroid dienone is 8. The van der Waals surface area contributed by atoms with Gasteiger partial charge in [0.25, 0.3) is 0 Å². The number of carbonyl (C=O) groups is 3. The van der Waals surface area contributed by atoms with Crippen LogP contribution in [0, 0.1) is 0 Å². The van der Waals surface area contributed by atoms with Gasteiger partial charge in [0.1, 0.15) is 29.5 Å². The van der Waals surface area contributed by atoms with Crippen LogP contribution in [-0.4, -0.2) is 36.4 Å². The maximum Gasteiger partial charge on any atom is 0.343 e. The fourth-order valence-electron chi connectivity index (χ4n) is 5.76. The molecule has 1 heterocycles. The summed E-state index contributed by atoms with van der Waals surface area (Å²) < 4.78 is 28.6. The Kier molecular flexibility index (Phi) is 13.7. The van der Waals surface area contributed by atoms with E-state index < -0.39 is 18.2 Å². The molecule has 0 N–H and O–H groups in total. The van der Waals surface area contributed by atoms with Crippen LogP contribution in [0.3, 0.4) is 0 Å². The number of ether oxygens (including phenoxy) is 5. The molecule has 4 rings (SSSR count). The lowest BCUT2D eigenvalue weighted by Gasteiger charge is -2.24. The van der Waals surface area contributed by atoms with Crippen LogP contribution in [0.25, 0.3) is 0 Å². The predicted molar refractivity (Wildman–Crippen MR) is 180 cm³/mol. The number of hydrogen-bond donors (Lipinski definition) is 0. The number of cyclic esters (lactones) is 1. The molecule has 1 aliphatic heterocycles. The number of carbonyl (C=O) groups excluding carboxylic acids is 3. The zero-order valence-electron chi connectivity index (χ0n) is 27.8. The molecule has 1 aromatic rings. The molecular formula is C39H48O8. The molecule has 3 unspecified atom stereocenters. The molecule has 3 aliphatic rings. The second-order valence-corrected chi connectivity index (χ2v) is 12.1. The second kappa shape index (κ2) is 18.1. The molecule has 2 aliphatic carbocycles. The first-order valence-electron chi connectivity index (χ1n) is 17.0. The van der Waals surface area contributed by atoms with E-state index in [0.717, 1.165) is 43.9 Å². The van der Waals surface area contributed by atoms with Crippen LogP contribution in [-0.2, 0) is 28.5 Å². The minimum Gasteiger partial charge on any atom is -0.487 e. The average Bonchev–Trinajstić information content (AvgIpc) is 3.43. The van der Waals surface area contributed by atoms with Gasteiger partial charge in [-0.1, -0.05) is 71.3 Å². The molecule has 0 spiro atoms. The first kappa shape index (κ1) is 35.5. The van der Waals surface area contributed by atoms with Gasteiger partial charge in [-0.05, 0) is 73.2 Å². The maximum atomic E-state index is 12.9. The molecule has 0 radical (unpaired) electrons. The standard InChI is InChI=1S/C39H48O8/c1-5-8-9-10-11-12-13-34(35-26-27(4)38(41)46-35)43-31-24-18-30(19-25-31)39(42)45-33-22-16-29(17-23-33)28-14-20-32(21-15-28)44-37(7-3)47-36(40)6-2/h6,14,16,18-20,22,24-25,34-35,37H,2,4-5,7-13,15,17,21,23,26H2,1,3H3. The highest BCUT2D eigenvalue weighted by atomic mass is 16.7. The Morgan fingerprint density at radius 2 is 1.55 bits per heavy atom. The van der Waals surface area contributed by atoms with Crippen molar-refractivity contribution in [2.75, 3.05) is 0 Å². The van der Waals surface area contributed by atoms with Gasteiger partial charge in [-0.15, -0.1) is 0 Å². The number of unbranched alkanes of at least 4 members (excludes halogenated alkanes) is 5. The molecule has 1 saturated heterocycles. The predicted octanol–water partition coefficient (Wildman–Crippen LogP) is 8.90. The van der Waals surface area contributed by atoms with Crippen molar-refractivity contribution >= 4 is 17.9 Å². The van der Waals surface area contributed by atoms with E-state index in [-0.39, 0.29) is 18.2 Å². The van der Waals surface area contributed by atoms with E-state index in [2.05, 4.69) is 20.1 Å². The van der Waals surface area contributed by atoms with Crippen molar-refractivity contribution in [2.24, 2.45) is 0 Å². The van der Waals surface area contributed by atoms with Crippen molar-refractivity contribution in [3.63, 3.8) is 0 Å². The van der Waals surface area contributed by atoms with Crippen molar-refractivity contribution in [2.45, 2.75) is 116 Å². The Hall–Kier alpha value is -4.33. The summed E-state index contributed by atoms with van der Waals surface area (Å²) in [6.07, 6.45) is 19.3. The molecule has 0 amide bonds. The highest BCUT2D eigenvalue weighted by Gasteiger charge is 2.35. The Morgan fingerprint density at radius 1 is 0.894 bits per heavy atom. The fourth-order valence-corrected chi connectivity index (χ4v) is 5.76. The van der Waals surface area contributed by atoms with Gasteiger partial charge in [0.15, 0.2) is 0 Å². The van der Waals surface area contributed by atoms with Gasteiger partial charge in [0, 0.05) is 37.3 Å². The molecular weight excluding hydrogens is 596 g/mol. The number of hydrogen-bond acceptors (Lipinski definition) is 8. The van der Waals surface area contributed by atoms with Gasteiger partial charge in [0.2, 0.25) is 6.29 Å². The van der Waals surface area contributed by atoms with E-state index in [9.17, 15) is 14.4 Å². The zero-order valence-corrected chi connectivity index (χ0v) is 27.8. The summed E-state index contributed by atoms with van der Waals surface area (Å²) in [7, 11) is 0. The Balaban J connectivity index is 1.29. The lowest BCUT2D eigenvalue weighted by molar-refractivity contribution is -0.166. The monoisotopic (exact) mass is 644 g/mol. The van der Waals surface area contributed by atoms with Crippen LogP contribution >= 0.6 is 0 Å². The molecule has 8 nitrogen and oxygen atoms in total. The summed E-state index contributed by atoms with van der Waals surface area (Å²) in [6, 6.07) is 6.92. The Labute approximate surface area is 278 Å². The average molecular weight is 645 g/mol. The lowest BCUT2D eigenvalue weighted by atomic mass is 9.90. The first-order valence-corrected chi connectivity index (χ1v) is 17.0. The smallest absolute Gasteiger partial charge is 0.343 e. The minimum absolute atomic E-state index is 0.278. The number of benzene rings is 1. The molecule has 0 saturated carbocycles. The molecule has 1 fully saturated rings. The third kappa shape index (κ3) is 10.9. The number of rotatable bonds is 18. The normalized spacial score (nSPS) is 18.9. The van der Waals surface area contributed by atoms with Crippen LogP contribution in [0.1, 0.15) is 108 Å². The lowest BCUT2D eigenvalue weighted by Crippen LogP contribution is -2.31. The maximum absolute atomic E-state index is 12.9. The Morgan fingerprint density at radius 3 is 2.13 bits per heavy atom. The zero-order chi connectivity index (χ0) is 33.6. The largest absolute Gasteiger partial charge is 0.487 e. The van der Waals surface area contributed by atoms with E-state index >= 15 is 0 Å². The van der Waals surface area contributed by atoms with Crippen molar-refractivity contribution in [1.82, 2.24) is 0 Å². The molecule has 8 heteroatoms. The molecule has 47 heavy (non-hydrogen) atoms. The summed E-state index contributed by atoms with van der Waals surface area (Å²) >= 11 is 0. The SMILES string of the molecule is C=CC(=O)OC(CC)OC1=CC=C(C2=CC=C(OC(=O)c3ccc(OC(CCCCCCCC)C4CC(=C)C(=O)O4)cc3)CC2)CC1. The molecule has 0 bridgehead atoms. The summed E-state index contributed by atoms with van der Waals surface area (Å²) in [6.45, 7) is 11.3. The summed E-state index contributed by atoms with van der Waals surface area (Å²) in [5.74, 6) is 0.722. The molecule has 1 aromatic carbocycles. The van der Waals surface area contributed by atoms with Crippen molar-refractivity contribution < 1.29 is 38.1 Å². The molecule has 3 atom stereocenters. The quantitative estimate of drug-likeness (QED) is 0.0514. The van der Waals surface area contributed by atoms with Crippen LogP contribution in [0.2, 0.25) is 0 Å².